The summed E-state index contributed by atoms with van der Waals surface area (Å²) >= 11 is 2.42. The molecule has 2 aliphatic rings. The standard InChI is InChI=1S/C14H24INO/c15-9-5-1-2-6-10-16-14(17)13-11-7-3-4-8-12(11)13/h11-13H,1-10H2,(H,16,17). The van der Waals surface area contributed by atoms with Crippen LogP contribution in [0, 0.1) is 17.8 Å². The van der Waals surface area contributed by atoms with E-state index in [1.165, 1.54) is 49.4 Å². The summed E-state index contributed by atoms with van der Waals surface area (Å²) in [7, 11) is 0. The van der Waals surface area contributed by atoms with Gasteiger partial charge in [-0.15, -0.1) is 0 Å². The van der Waals surface area contributed by atoms with Gasteiger partial charge in [0.1, 0.15) is 0 Å². The lowest BCUT2D eigenvalue weighted by molar-refractivity contribution is -0.122. The van der Waals surface area contributed by atoms with Gasteiger partial charge in [-0.25, -0.2) is 0 Å². The fraction of sp³-hybridized carbons (Fsp3) is 0.929. The second kappa shape index (κ2) is 6.95. The molecule has 0 bridgehead atoms. The highest BCUT2D eigenvalue weighted by Gasteiger charge is 2.54. The summed E-state index contributed by atoms with van der Waals surface area (Å²) in [5.74, 6) is 2.26. The number of hydrogen-bond acceptors (Lipinski definition) is 1. The number of rotatable bonds is 7. The maximum absolute atomic E-state index is 11.9. The third-order valence-electron chi connectivity index (χ3n) is 4.32. The van der Waals surface area contributed by atoms with E-state index in [2.05, 4.69) is 27.9 Å². The lowest BCUT2D eigenvalue weighted by Gasteiger charge is -2.04. The minimum Gasteiger partial charge on any atom is -0.356 e. The molecule has 1 amide bonds. The number of carbonyl (C=O) groups excluding carboxylic acids is 1. The van der Waals surface area contributed by atoms with Crippen LogP contribution in [0.2, 0.25) is 0 Å². The zero-order chi connectivity index (χ0) is 12.1. The van der Waals surface area contributed by atoms with E-state index in [4.69, 9.17) is 0 Å². The van der Waals surface area contributed by atoms with Gasteiger partial charge in [0.05, 0.1) is 0 Å². The van der Waals surface area contributed by atoms with Gasteiger partial charge in [-0.2, -0.15) is 0 Å². The summed E-state index contributed by atoms with van der Waals surface area (Å²) in [6, 6.07) is 0. The number of amides is 1. The van der Waals surface area contributed by atoms with Gasteiger partial charge in [0.15, 0.2) is 0 Å². The number of alkyl halides is 1. The first-order valence-corrected chi connectivity index (χ1v) is 8.71. The Kier molecular flexibility index (Phi) is 5.57. The molecule has 0 heterocycles. The molecule has 17 heavy (non-hydrogen) atoms. The monoisotopic (exact) mass is 349 g/mol. The van der Waals surface area contributed by atoms with Crippen LogP contribution in [0.15, 0.2) is 0 Å². The van der Waals surface area contributed by atoms with E-state index in [-0.39, 0.29) is 0 Å². The largest absolute Gasteiger partial charge is 0.356 e. The van der Waals surface area contributed by atoms with Crippen LogP contribution in [0.1, 0.15) is 51.4 Å². The molecule has 2 nitrogen and oxygen atoms in total. The van der Waals surface area contributed by atoms with Crippen molar-refractivity contribution in [3.8, 4) is 0 Å². The third kappa shape index (κ3) is 3.83. The number of carbonyl (C=O) groups is 1. The Morgan fingerprint density at radius 1 is 1.06 bits per heavy atom. The van der Waals surface area contributed by atoms with Gasteiger partial charge in [-0.1, -0.05) is 48.3 Å². The molecule has 2 atom stereocenters. The van der Waals surface area contributed by atoms with Crippen molar-refractivity contribution in [2.75, 3.05) is 11.0 Å². The predicted molar refractivity (Wildman–Crippen MR) is 79.3 cm³/mol. The van der Waals surface area contributed by atoms with Crippen molar-refractivity contribution in [2.45, 2.75) is 51.4 Å². The van der Waals surface area contributed by atoms with Gasteiger partial charge >= 0.3 is 0 Å². The van der Waals surface area contributed by atoms with Crippen molar-refractivity contribution in [3.05, 3.63) is 0 Å². The molecule has 0 saturated heterocycles. The second-order valence-electron chi connectivity index (χ2n) is 5.53. The first-order chi connectivity index (χ1) is 8.34. The van der Waals surface area contributed by atoms with Crippen molar-refractivity contribution < 1.29 is 4.79 Å². The van der Waals surface area contributed by atoms with Gasteiger partial charge in [0.2, 0.25) is 5.91 Å². The lowest BCUT2D eigenvalue weighted by Crippen LogP contribution is -2.27. The SMILES string of the molecule is O=C(NCCCCCCI)C1C2CCCCC21. The van der Waals surface area contributed by atoms with Gasteiger partial charge < -0.3 is 5.32 Å². The predicted octanol–water partition coefficient (Wildman–Crippen LogP) is 3.53. The first-order valence-electron chi connectivity index (χ1n) is 7.18. The maximum Gasteiger partial charge on any atom is 0.223 e. The highest BCUT2D eigenvalue weighted by atomic mass is 127. The molecule has 0 aliphatic heterocycles. The summed E-state index contributed by atoms with van der Waals surface area (Å²) in [6.45, 7) is 0.899. The minimum atomic E-state index is 0.357. The van der Waals surface area contributed by atoms with E-state index in [1.807, 2.05) is 0 Å². The van der Waals surface area contributed by atoms with Crippen LogP contribution in [0.3, 0.4) is 0 Å². The van der Waals surface area contributed by atoms with Gasteiger partial charge in [0.25, 0.3) is 0 Å². The fourth-order valence-electron chi connectivity index (χ4n) is 3.28. The van der Waals surface area contributed by atoms with E-state index in [9.17, 15) is 4.79 Å². The molecule has 2 unspecified atom stereocenters. The molecular formula is C14H24INO. The summed E-state index contributed by atoms with van der Waals surface area (Å²) in [5.41, 5.74) is 0. The highest BCUT2D eigenvalue weighted by Crippen LogP contribution is 2.55. The van der Waals surface area contributed by atoms with E-state index in [1.54, 1.807) is 0 Å². The Labute approximate surface area is 118 Å². The van der Waals surface area contributed by atoms with Crippen molar-refractivity contribution in [1.29, 1.82) is 0 Å². The molecule has 2 rings (SSSR count). The molecule has 1 N–H and O–H groups in total. The fourth-order valence-corrected chi connectivity index (χ4v) is 3.82. The van der Waals surface area contributed by atoms with Crippen LogP contribution in [0.4, 0.5) is 0 Å². The third-order valence-corrected chi connectivity index (χ3v) is 5.08. The maximum atomic E-state index is 11.9. The van der Waals surface area contributed by atoms with E-state index in [0.29, 0.717) is 11.8 Å². The molecule has 0 aromatic carbocycles. The van der Waals surface area contributed by atoms with Crippen molar-refractivity contribution in [3.63, 3.8) is 0 Å². The molecule has 0 radical (unpaired) electrons. The molecule has 2 aliphatic carbocycles. The molecule has 0 aromatic heterocycles. The average molecular weight is 349 g/mol. The first kappa shape index (κ1) is 13.6. The van der Waals surface area contributed by atoms with E-state index < -0.39 is 0 Å². The molecule has 0 aromatic rings. The Balaban J connectivity index is 1.53. The van der Waals surface area contributed by atoms with Crippen LogP contribution in [-0.4, -0.2) is 16.9 Å². The smallest absolute Gasteiger partial charge is 0.223 e. The zero-order valence-corrected chi connectivity index (χ0v) is 12.7. The number of fused-ring (bicyclic) bond motifs is 1. The van der Waals surface area contributed by atoms with Crippen LogP contribution in [-0.2, 0) is 4.79 Å². The molecule has 98 valence electrons. The Hall–Kier alpha value is 0.200. The second-order valence-corrected chi connectivity index (χ2v) is 6.61. The summed E-state index contributed by atoms with van der Waals surface area (Å²) in [4.78, 5) is 11.9. The van der Waals surface area contributed by atoms with E-state index >= 15 is 0 Å². The quantitative estimate of drug-likeness (QED) is 0.425. The number of halogens is 1. The highest BCUT2D eigenvalue weighted by molar-refractivity contribution is 14.1. The Morgan fingerprint density at radius 3 is 2.35 bits per heavy atom. The lowest BCUT2D eigenvalue weighted by atomic mass is 10.0. The Bertz CT molecular complexity index is 245. The number of unbranched alkanes of at least 4 members (excludes halogenated alkanes) is 3. The summed E-state index contributed by atoms with van der Waals surface area (Å²) in [5, 5.41) is 3.14. The molecule has 3 heteroatoms. The van der Waals surface area contributed by atoms with Gasteiger partial charge in [-0.05, 0) is 41.9 Å². The van der Waals surface area contributed by atoms with Crippen LogP contribution >= 0.6 is 22.6 Å². The number of nitrogens with one attached hydrogen (secondary N) is 1. The summed E-state index contributed by atoms with van der Waals surface area (Å²) < 4.78 is 1.26. The van der Waals surface area contributed by atoms with Crippen LogP contribution in [0.25, 0.3) is 0 Å². The molecule has 0 spiro atoms. The van der Waals surface area contributed by atoms with Crippen molar-refractivity contribution in [2.24, 2.45) is 17.8 Å². The molecule has 2 fully saturated rings. The van der Waals surface area contributed by atoms with Crippen molar-refractivity contribution in [1.82, 2.24) is 5.32 Å². The minimum absolute atomic E-state index is 0.357. The molecular weight excluding hydrogens is 325 g/mol. The van der Waals surface area contributed by atoms with Crippen molar-refractivity contribution >= 4 is 28.5 Å². The number of hydrogen-bond donors (Lipinski definition) is 1. The van der Waals surface area contributed by atoms with E-state index in [0.717, 1.165) is 24.8 Å². The molecule has 2 saturated carbocycles. The van der Waals surface area contributed by atoms with Gasteiger partial charge in [-0.3, -0.25) is 4.79 Å². The summed E-state index contributed by atoms with van der Waals surface area (Å²) in [6.07, 6.45) is 10.4. The van der Waals surface area contributed by atoms with Crippen LogP contribution in [0.5, 0.6) is 0 Å². The average Bonchev–Trinajstić information content (AvgIpc) is 3.07. The normalized spacial score (nSPS) is 30.8. The van der Waals surface area contributed by atoms with Crippen LogP contribution < -0.4 is 5.32 Å². The van der Waals surface area contributed by atoms with Gasteiger partial charge in [0, 0.05) is 12.5 Å². The topological polar surface area (TPSA) is 29.1 Å². The Morgan fingerprint density at radius 2 is 1.71 bits per heavy atom. The zero-order valence-electron chi connectivity index (χ0n) is 10.6.